The Morgan fingerprint density at radius 1 is 1.29 bits per heavy atom. The minimum atomic E-state index is 0.727. The van der Waals surface area contributed by atoms with Crippen LogP contribution in [0, 0.1) is 13.8 Å². The van der Waals surface area contributed by atoms with Gasteiger partial charge in [0, 0.05) is 11.1 Å². The average Bonchev–Trinajstić information content (AvgIpc) is 2.63. The molecule has 1 aromatic carbocycles. The number of nitrogens with two attached hydrogens (primary N) is 1. The van der Waals surface area contributed by atoms with Crippen LogP contribution in [-0.4, -0.2) is 18.6 Å². The van der Waals surface area contributed by atoms with E-state index >= 15 is 0 Å². The topological polar surface area (TPSA) is 51.0 Å². The molecule has 17 heavy (non-hydrogen) atoms. The molecule has 3 heteroatoms. The molecule has 0 radical (unpaired) electrons. The Hall–Kier alpha value is -1.48. The molecule has 0 saturated heterocycles. The predicted octanol–water partition coefficient (Wildman–Crippen LogP) is 2.68. The second kappa shape index (κ2) is 4.80. The smallest absolute Gasteiger partial charge is 0.143 e. The van der Waals surface area contributed by atoms with Gasteiger partial charge in [0.1, 0.15) is 5.75 Å². The second-order valence-electron chi connectivity index (χ2n) is 4.51. The van der Waals surface area contributed by atoms with Gasteiger partial charge in [-0.1, -0.05) is 0 Å². The van der Waals surface area contributed by atoms with Gasteiger partial charge in [0.05, 0.1) is 12.6 Å². The highest BCUT2D eigenvalue weighted by molar-refractivity contribution is 5.90. The lowest BCUT2D eigenvalue weighted by Crippen LogP contribution is -2.01. The zero-order chi connectivity index (χ0) is 12.4. The van der Waals surface area contributed by atoms with Crippen molar-refractivity contribution in [2.45, 2.75) is 26.7 Å². The average molecular weight is 232 g/mol. The Labute approximate surface area is 102 Å². The number of hydrogen-bond acceptors (Lipinski definition) is 2. The standard InChI is InChI=1S/C14H20N2O/c1-9-7-11-10(2)12(5-4-6-15)16-14(11)13(8-9)17-3/h7-8,16H,4-6,15H2,1-3H3. The number of aromatic nitrogens is 1. The molecule has 3 N–H and O–H groups in total. The molecular weight excluding hydrogens is 212 g/mol. The normalized spacial score (nSPS) is 11.1. The summed E-state index contributed by atoms with van der Waals surface area (Å²) < 4.78 is 5.43. The minimum absolute atomic E-state index is 0.727. The van der Waals surface area contributed by atoms with Crippen LogP contribution in [0.1, 0.15) is 23.2 Å². The molecular formula is C14H20N2O. The van der Waals surface area contributed by atoms with Crippen molar-refractivity contribution >= 4 is 10.9 Å². The SMILES string of the molecule is COc1cc(C)cc2c(C)c(CCCN)[nH]c12. The van der Waals surface area contributed by atoms with Gasteiger partial charge in [0.2, 0.25) is 0 Å². The molecule has 0 spiro atoms. The van der Waals surface area contributed by atoms with Crippen molar-refractivity contribution in [1.82, 2.24) is 4.98 Å². The molecule has 1 aromatic heterocycles. The van der Waals surface area contributed by atoms with Crippen LogP contribution in [-0.2, 0) is 6.42 Å². The van der Waals surface area contributed by atoms with Gasteiger partial charge in [-0.2, -0.15) is 0 Å². The van der Waals surface area contributed by atoms with Crippen LogP contribution >= 0.6 is 0 Å². The highest BCUT2D eigenvalue weighted by Gasteiger charge is 2.11. The number of fused-ring (bicyclic) bond motifs is 1. The lowest BCUT2D eigenvalue weighted by atomic mass is 10.1. The van der Waals surface area contributed by atoms with E-state index in [0.717, 1.165) is 30.7 Å². The van der Waals surface area contributed by atoms with Gasteiger partial charge in [0.15, 0.2) is 0 Å². The molecule has 0 fully saturated rings. The molecule has 0 atom stereocenters. The number of benzene rings is 1. The van der Waals surface area contributed by atoms with E-state index in [1.165, 1.54) is 22.2 Å². The first-order valence-corrected chi connectivity index (χ1v) is 6.03. The third-order valence-electron chi connectivity index (χ3n) is 3.23. The maximum absolute atomic E-state index is 5.56. The third-order valence-corrected chi connectivity index (χ3v) is 3.23. The fraction of sp³-hybridized carbons (Fsp3) is 0.429. The van der Waals surface area contributed by atoms with Gasteiger partial charge in [-0.15, -0.1) is 0 Å². The maximum Gasteiger partial charge on any atom is 0.143 e. The molecule has 92 valence electrons. The van der Waals surface area contributed by atoms with Gasteiger partial charge in [-0.3, -0.25) is 0 Å². The van der Waals surface area contributed by atoms with Crippen LogP contribution in [0.5, 0.6) is 5.75 Å². The Morgan fingerprint density at radius 3 is 2.71 bits per heavy atom. The molecule has 1 heterocycles. The molecule has 2 aromatic rings. The largest absolute Gasteiger partial charge is 0.495 e. The maximum atomic E-state index is 5.56. The van der Waals surface area contributed by atoms with Gasteiger partial charge in [-0.05, 0) is 56.5 Å². The molecule has 0 unspecified atom stereocenters. The summed E-state index contributed by atoms with van der Waals surface area (Å²) in [6.45, 7) is 4.97. The third kappa shape index (κ3) is 2.15. The number of rotatable bonds is 4. The van der Waals surface area contributed by atoms with Crippen molar-refractivity contribution in [2.24, 2.45) is 5.73 Å². The summed E-state index contributed by atoms with van der Waals surface area (Å²) in [7, 11) is 1.71. The summed E-state index contributed by atoms with van der Waals surface area (Å²) in [6, 6.07) is 4.26. The first-order valence-electron chi connectivity index (χ1n) is 6.03. The number of methoxy groups -OCH3 is 1. The molecule has 0 bridgehead atoms. The van der Waals surface area contributed by atoms with E-state index in [1.54, 1.807) is 7.11 Å². The van der Waals surface area contributed by atoms with Crippen molar-refractivity contribution in [2.75, 3.05) is 13.7 Å². The van der Waals surface area contributed by atoms with Gasteiger partial charge < -0.3 is 15.5 Å². The molecule has 0 aliphatic rings. The van der Waals surface area contributed by atoms with E-state index in [1.807, 2.05) is 0 Å². The molecule has 3 nitrogen and oxygen atoms in total. The molecule has 0 amide bonds. The summed E-state index contributed by atoms with van der Waals surface area (Å²) in [6.07, 6.45) is 2.01. The van der Waals surface area contributed by atoms with Crippen LogP contribution in [0.2, 0.25) is 0 Å². The van der Waals surface area contributed by atoms with Gasteiger partial charge in [0.25, 0.3) is 0 Å². The molecule has 0 saturated carbocycles. The van der Waals surface area contributed by atoms with Crippen LogP contribution in [0.25, 0.3) is 10.9 Å². The number of hydrogen-bond donors (Lipinski definition) is 2. The number of aromatic amines is 1. The van der Waals surface area contributed by atoms with Crippen molar-refractivity contribution in [3.8, 4) is 5.75 Å². The highest BCUT2D eigenvalue weighted by atomic mass is 16.5. The highest BCUT2D eigenvalue weighted by Crippen LogP contribution is 2.31. The lowest BCUT2D eigenvalue weighted by molar-refractivity contribution is 0.418. The zero-order valence-corrected chi connectivity index (χ0v) is 10.8. The quantitative estimate of drug-likeness (QED) is 0.851. The van der Waals surface area contributed by atoms with E-state index in [-0.39, 0.29) is 0 Å². The van der Waals surface area contributed by atoms with Crippen LogP contribution < -0.4 is 10.5 Å². The van der Waals surface area contributed by atoms with E-state index < -0.39 is 0 Å². The Kier molecular flexibility index (Phi) is 3.38. The minimum Gasteiger partial charge on any atom is -0.495 e. The van der Waals surface area contributed by atoms with Crippen molar-refractivity contribution in [3.05, 3.63) is 29.0 Å². The van der Waals surface area contributed by atoms with E-state index in [9.17, 15) is 0 Å². The van der Waals surface area contributed by atoms with E-state index in [4.69, 9.17) is 10.5 Å². The molecule has 0 aliphatic carbocycles. The summed E-state index contributed by atoms with van der Waals surface area (Å²) in [4.78, 5) is 3.46. The van der Waals surface area contributed by atoms with Gasteiger partial charge >= 0.3 is 0 Å². The predicted molar refractivity (Wildman–Crippen MR) is 71.7 cm³/mol. The Bertz CT molecular complexity index is 528. The lowest BCUT2D eigenvalue weighted by Gasteiger charge is -2.03. The number of nitrogens with one attached hydrogen (secondary N) is 1. The van der Waals surface area contributed by atoms with Crippen molar-refractivity contribution < 1.29 is 4.74 Å². The first-order chi connectivity index (χ1) is 8.17. The number of aryl methyl sites for hydroxylation is 3. The Morgan fingerprint density at radius 2 is 2.06 bits per heavy atom. The Balaban J connectivity index is 2.56. The van der Waals surface area contributed by atoms with E-state index in [2.05, 4.69) is 31.0 Å². The summed E-state index contributed by atoms with van der Waals surface area (Å²) >= 11 is 0. The summed E-state index contributed by atoms with van der Waals surface area (Å²) in [5.41, 5.74) is 10.5. The summed E-state index contributed by atoms with van der Waals surface area (Å²) in [5, 5.41) is 1.26. The molecule has 2 rings (SSSR count). The van der Waals surface area contributed by atoms with Crippen LogP contribution in [0.4, 0.5) is 0 Å². The fourth-order valence-electron chi connectivity index (χ4n) is 2.27. The van der Waals surface area contributed by atoms with Crippen LogP contribution in [0.15, 0.2) is 12.1 Å². The van der Waals surface area contributed by atoms with E-state index in [0.29, 0.717) is 0 Å². The number of ether oxygens (including phenoxy) is 1. The zero-order valence-electron chi connectivity index (χ0n) is 10.8. The second-order valence-corrected chi connectivity index (χ2v) is 4.51. The first kappa shape index (κ1) is 12.0. The molecule has 0 aliphatic heterocycles. The van der Waals surface area contributed by atoms with Crippen LogP contribution in [0.3, 0.4) is 0 Å². The summed E-state index contributed by atoms with van der Waals surface area (Å²) in [5.74, 6) is 0.919. The number of H-pyrrole nitrogens is 1. The van der Waals surface area contributed by atoms with Crippen molar-refractivity contribution in [3.63, 3.8) is 0 Å². The fourth-order valence-corrected chi connectivity index (χ4v) is 2.27. The van der Waals surface area contributed by atoms with Gasteiger partial charge in [-0.25, -0.2) is 0 Å². The monoisotopic (exact) mass is 232 g/mol. The van der Waals surface area contributed by atoms with Crippen molar-refractivity contribution in [1.29, 1.82) is 0 Å².